The highest BCUT2D eigenvalue weighted by Crippen LogP contribution is 2.21. The van der Waals surface area contributed by atoms with Crippen molar-refractivity contribution in [3.05, 3.63) is 29.8 Å². The van der Waals surface area contributed by atoms with E-state index in [1.807, 2.05) is 12.1 Å². The van der Waals surface area contributed by atoms with Crippen molar-refractivity contribution in [2.75, 3.05) is 26.2 Å². The van der Waals surface area contributed by atoms with Gasteiger partial charge in [0.2, 0.25) is 15.9 Å². The first kappa shape index (κ1) is 20.3. The van der Waals surface area contributed by atoms with E-state index in [0.717, 1.165) is 50.7 Å². The minimum atomic E-state index is -3.41. The first-order valence-electron chi connectivity index (χ1n) is 10.0. The number of benzene rings is 1. The van der Waals surface area contributed by atoms with E-state index in [1.165, 1.54) is 0 Å². The number of hydrogen-bond acceptors (Lipinski definition) is 4. The number of ether oxygens (including phenoxy) is 1. The summed E-state index contributed by atoms with van der Waals surface area (Å²) in [7, 11) is -3.41. The quantitative estimate of drug-likeness (QED) is 0.771. The Hall–Kier alpha value is -1.44. The van der Waals surface area contributed by atoms with Crippen LogP contribution in [-0.4, -0.2) is 51.0 Å². The molecular formula is C20H30N2O4S. The third-order valence-corrected chi connectivity index (χ3v) is 7.23. The van der Waals surface area contributed by atoms with E-state index in [1.54, 1.807) is 16.4 Å². The van der Waals surface area contributed by atoms with Crippen molar-refractivity contribution in [1.29, 1.82) is 0 Å². The molecule has 1 amide bonds. The number of carbonyl (C=O) groups excluding carboxylic acids is 1. The fourth-order valence-corrected chi connectivity index (χ4v) is 5.16. The summed E-state index contributed by atoms with van der Waals surface area (Å²) >= 11 is 0. The van der Waals surface area contributed by atoms with Crippen LogP contribution in [-0.2, 0) is 26.0 Å². The standard InChI is InChI=1S/C20H30N2O4S/c23-20(21-16-18-6-5-15-26-18)12-9-17-7-10-19(11-8-17)27(24,25)22-13-3-1-2-4-14-22/h7-8,10-11,18H,1-6,9,12-16H2,(H,21,23)/t18-/m1/s1. The molecule has 2 saturated heterocycles. The Morgan fingerprint density at radius 2 is 1.78 bits per heavy atom. The van der Waals surface area contributed by atoms with Crippen molar-refractivity contribution in [1.82, 2.24) is 9.62 Å². The molecule has 0 aliphatic carbocycles. The number of hydrogen-bond donors (Lipinski definition) is 1. The van der Waals surface area contributed by atoms with Gasteiger partial charge in [0.25, 0.3) is 0 Å². The molecule has 1 N–H and O–H groups in total. The van der Waals surface area contributed by atoms with Crippen molar-refractivity contribution in [3.8, 4) is 0 Å². The first-order chi connectivity index (χ1) is 13.1. The SMILES string of the molecule is O=C(CCc1ccc(S(=O)(=O)N2CCCCCC2)cc1)NC[C@H]1CCCO1. The zero-order chi connectivity index (χ0) is 19.1. The van der Waals surface area contributed by atoms with Gasteiger partial charge in [-0.05, 0) is 49.8 Å². The van der Waals surface area contributed by atoms with Gasteiger partial charge in [-0.2, -0.15) is 4.31 Å². The van der Waals surface area contributed by atoms with Crippen LogP contribution in [0.15, 0.2) is 29.2 Å². The van der Waals surface area contributed by atoms with E-state index < -0.39 is 10.0 Å². The largest absolute Gasteiger partial charge is 0.376 e. The number of carbonyl (C=O) groups is 1. The zero-order valence-electron chi connectivity index (χ0n) is 15.9. The fourth-order valence-electron chi connectivity index (χ4n) is 3.64. The highest BCUT2D eigenvalue weighted by molar-refractivity contribution is 7.89. The Morgan fingerprint density at radius 1 is 1.07 bits per heavy atom. The summed E-state index contributed by atoms with van der Waals surface area (Å²) < 4.78 is 32.7. The van der Waals surface area contributed by atoms with Gasteiger partial charge in [-0.25, -0.2) is 8.42 Å². The van der Waals surface area contributed by atoms with Crippen molar-refractivity contribution >= 4 is 15.9 Å². The molecule has 0 spiro atoms. The molecule has 7 heteroatoms. The highest BCUT2D eigenvalue weighted by Gasteiger charge is 2.25. The number of nitrogens with zero attached hydrogens (tertiary/aromatic N) is 1. The molecule has 2 fully saturated rings. The number of nitrogens with one attached hydrogen (secondary N) is 1. The number of rotatable bonds is 7. The highest BCUT2D eigenvalue weighted by atomic mass is 32.2. The van der Waals surface area contributed by atoms with Gasteiger partial charge in [-0.1, -0.05) is 25.0 Å². The third-order valence-electron chi connectivity index (χ3n) is 5.32. The molecule has 1 aromatic carbocycles. The number of amides is 1. The van der Waals surface area contributed by atoms with Crippen LogP contribution in [0.5, 0.6) is 0 Å². The maximum atomic E-state index is 12.8. The van der Waals surface area contributed by atoms with E-state index in [9.17, 15) is 13.2 Å². The van der Waals surface area contributed by atoms with Crippen molar-refractivity contribution in [2.24, 2.45) is 0 Å². The molecule has 2 heterocycles. The van der Waals surface area contributed by atoms with Gasteiger partial charge >= 0.3 is 0 Å². The van der Waals surface area contributed by atoms with Crippen LogP contribution in [0.25, 0.3) is 0 Å². The van der Waals surface area contributed by atoms with Gasteiger partial charge in [0.15, 0.2) is 0 Å². The molecule has 6 nitrogen and oxygen atoms in total. The third kappa shape index (κ3) is 5.77. The van der Waals surface area contributed by atoms with Gasteiger partial charge in [0, 0.05) is 32.7 Å². The lowest BCUT2D eigenvalue weighted by Crippen LogP contribution is -2.32. The second kappa shape index (κ2) is 9.66. The summed E-state index contributed by atoms with van der Waals surface area (Å²) in [5.74, 6) is 0.00626. The second-order valence-electron chi connectivity index (χ2n) is 7.40. The summed E-state index contributed by atoms with van der Waals surface area (Å²) in [4.78, 5) is 12.3. The molecule has 2 aliphatic rings. The summed E-state index contributed by atoms with van der Waals surface area (Å²) in [6.45, 7) is 2.57. The molecule has 1 atom stereocenters. The van der Waals surface area contributed by atoms with Gasteiger partial charge in [-0.15, -0.1) is 0 Å². The summed E-state index contributed by atoms with van der Waals surface area (Å²) in [5.41, 5.74) is 0.970. The van der Waals surface area contributed by atoms with Gasteiger partial charge in [0.1, 0.15) is 0 Å². The van der Waals surface area contributed by atoms with Crippen LogP contribution in [0, 0.1) is 0 Å². The van der Waals surface area contributed by atoms with Gasteiger partial charge in [0.05, 0.1) is 11.0 Å². The summed E-state index contributed by atoms with van der Waals surface area (Å²) in [6.07, 6.45) is 7.26. The Bertz CT molecular complexity index is 704. The molecule has 2 aliphatic heterocycles. The molecule has 0 saturated carbocycles. The van der Waals surface area contributed by atoms with Crippen molar-refractivity contribution in [3.63, 3.8) is 0 Å². The molecular weight excluding hydrogens is 364 g/mol. The maximum Gasteiger partial charge on any atom is 0.243 e. The molecule has 0 unspecified atom stereocenters. The van der Waals surface area contributed by atoms with Gasteiger partial charge < -0.3 is 10.1 Å². The second-order valence-corrected chi connectivity index (χ2v) is 9.34. The van der Waals surface area contributed by atoms with Crippen LogP contribution in [0.1, 0.15) is 50.5 Å². The Kier molecular flexibility index (Phi) is 7.26. The van der Waals surface area contributed by atoms with E-state index in [2.05, 4.69) is 5.32 Å². The Morgan fingerprint density at radius 3 is 2.41 bits per heavy atom. The predicted molar refractivity (Wildman–Crippen MR) is 104 cm³/mol. The minimum absolute atomic E-state index is 0.00626. The zero-order valence-corrected chi connectivity index (χ0v) is 16.7. The lowest BCUT2D eigenvalue weighted by Gasteiger charge is -2.20. The molecule has 0 bridgehead atoms. The van der Waals surface area contributed by atoms with Crippen LogP contribution in [0.2, 0.25) is 0 Å². The molecule has 27 heavy (non-hydrogen) atoms. The minimum Gasteiger partial charge on any atom is -0.376 e. The maximum absolute atomic E-state index is 12.8. The number of aryl methyl sites for hydroxylation is 1. The molecule has 3 rings (SSSR count). The molecule has 0 radical (unpaired) electrons. The summed E-state index contributed by atoms with van der Waals surface area (Å²) in [6, 6.07) is 6.97. The lowest BCUT2D eigenvalue weighted by atomic mass is 10.1. The lowest BCUT2D eigenvalue weighted by molar-refractivity contribution is -0.121. The van der Waals surface area contributed by atoms with Crippen molar-refractivity contribution in [2.45, 2.75) is 62.4 Å². The first-order valence-corrected chi connectivity index (χ1v) is 11.5. The van der Waals surface area contributed by atoms with Crippen molar-refractivity contribution < 1.29 is 17.9 Å². The Labute approximate surface area is 162 Å². The van der Waals surface area contributed by atoms with Crippen LogP contribution >= 0.6 is 0 Å². The van der Waals surface area contributed by atoms with E-state index in [0.29, 0.717) is 37.4 Å². The normalized spacial score (nSPS) is 21.7. The number of sulfonamides is 1. The predicted octanol–water partition coefficient (Wildman–Crippen LogP) is 2.48. The smallest absolute Gasteiger partial charge is 0.243 e. The van der Waals surface area contributed by atoms with E-state index >= 15 is 0 Å². The Balaban J connectivity index is 1.49. The topological polar surface area (TPSA) is 75.7 Å². The molecule has 150 valence electrons. The monoisotopic (exact) mass is 394 g/mol. The van der Waals surface area contributed by atoms with Crippen LogP contribution in [0.3, 0.4) is 0 Å². The fraction of sp³-hybridized carbons (Fsp3) is 0.650. The van der Waals surface area contributed by atoms with Crippen LogP contribution < -0.4 is 5.32 Å². The molecule has 0 aromatic heterocycles. The summed E-state index contributed by atoms with van der Waals surface area (Å²) in [5, 5.41) is 2.91. The van der Waals surface area contributed by atoms with Crippen LogP contribution in [0.4, 0.5) is 0 Å². The average Bonchev–Trinajstić information content (AvgIpc) is 3.04. The molecule has 1 aromatic rings. The van der Waals surface area contributed by atoms with Gasteiger partial charge in [-0.3, -0.25) is 4.79 Å². The average molecular weight is 395 g/mol. The van der Waals surface area contributed by atoms with E-state index in [-0.39, 0.29) is 12.0 Å². The van der Waals surface area contributed by atoms with E-state index in [4.69, 9.17) is 4.74 Å².